The van der Waals surface area contributed by atoms with E-state index in [1.807, 2.05) is 13.8 Å². The van der Waals surface area contributed by atoms with Gasteiger partial charge in [-0.2, -0.15) is 5.10 Å². The molecule has 0 aliphatic carbocycles. The van der Waals surface area contributed by atoms with Crippen molar-refractivity contribution in [2.75, 3.05) is 5.73 Å². The second kappa shape index (κ2) is 3.47. The normalized spacial score (nSPS) is 10.6. The number of hydrogen-bond donors (Lipinski definition) is 1. The molecule has 7 heteroatoms. The molecule has 0 atom stereocenters. The Morgan fingerprint density at radius 3 is 2.53 bits per heavy atom. The van der Waals surface area contributed by atoms with Crippen LogP contribution in [0.25, 0.3) is 5.95 Å². The first kappa shape index (κ1) is 9.85. The van der Waals surface area contributed by atoms with Gasteiger partial charge in [0.05, 0.1) is 17.6 Å². The predicted octanol–water partition coefficient (Wildman–Crippen LogP) is 0.910. The molecular formula is C8H9ClN6. The number of nitrogens with zero attached hydrogens (tertiary/aromatic N) is 5. The molecule has 2 aromatic heterocycles. The van der Waals surface area contributed by atoms with Crippen LogP contribution in [0.2, 0.25) is 5.02 Å². The Morgan fingerprint density at radius 1 is 1.27 bits per heavy atom. The van der Waals surface area contributed by atoms with Gasteiger partial charge in [-0.15, -0.1) is 10.2 Å². The molecule has 2 aromatic rings. The van der Waals surface area contributed by atoms with Crippen molar-refractivity contribution >= 4 is 17.4 Å². The van der Waals surface area contributed by atoms with E-state index in [0.29, 0.717) is 11.0 Å². The van der Waals surface area contributed by atoms with Crippen LogP contribution in [0.1, 0.15) is 11.4 Å². The topological polar surface area (TPSA) is 82.5 Å². The Bertz CT molecular complexity index is 486. The van der Waals surface area contributed by atoms with Crippen molar-refractivity contribution in [2.45, 2.75) is 13.8 Å². The third-order valence-electron chi connectivity index (χ3n) is 1.98. The van der Waals surface area contributed by atoms with Crippen LogP contribution in [0.4, 0.5) is 5.82 Å². The van der Waals surface area contributed by atoms with Gasteiger partial charge in [-0.1, -0.05) is 11.6 Å². The lowest BCUT2D eigenvalue weighted by atomic mass is 10.4. The molecule has 0 unspecified atom stereocenters. The van der Waals surface area contributed by atoms with Crippen LogP contribution in [0.15, 0.2) is 6.20 Å². The largest absolute Gasteiger partial charge is 0.381 e. The summed E-state index contributed by atoms with van der Waals surface area (Å²) in [4.78, 5) is 4.21. The molecule has 0 fully saturated rings. The highest BCUT2D eigenvalue weighted by Gasteiger charge is 2.08. The summed E-state index contributed by atoms with van der Waals surface area (Å²) in [5.41, 5.74) is 7.08. The Morgan fingerprint density at radius 2 is 2.00 bits per heavy atom. The van der Waals surface area contributed by atoms with E-state index in [1.54, 1.807) is 6.20 Å². The molecule has 0 amide bonds. The van der Waals surface area contributed by atoms with E-state index in [0.717, 1.165) is 11.4 Å². The molecule has 0 saturated heterocycles. The summed E-state index contributed by atoms with van der Waals surface area (Å²) in [6.45, 7) is 3.69. The molecule has 15 heavy (non-hydrogen) atoms. The van der Waals surface area contributed by atoms with Crippen LogP contribution in [-0.2, 0) is 0 Å². The number of anilines is 1. The van der Waals surface area contributed by atoms with E-state index in [-0.39, 0.29) is 5.82 Å². The molecular weight excluding hydrogens is 216 g/mol. The molecule has 0 aliphatic rings. The number of rotatable bonds is 1. The number of aryl methyl sites for hydroxylation is 2. The fourth-order valence-electron chi connectivity index (χ4n) is 1.01. The molecule has 0 aliphatic heterocycles. The lowest BCUT2D eigenvalue weighted by Crippen LogP contribution is -2.06. The molecule has 0 radical (unpaired) electrons. The molecule has 2 N–H and O–H groups in total. The first-order chi connectivity index (χ1) is 7.08. The standard InChI is InChI=1S/C8H9ClN6/c1-4-5(2)12-13-8(11-4)15-3-6(9)7(10)14-15/h3H,1-2H3,(H2,10,14). The lowest BCUT2D eigenvalue weighted by Gasteiger charge is -2.00. The summed E-state index contributed by atoms with van der Waals surface area (Å²) < 4.78 is 1.40. The van der Waals surface area contributed by atoms with Crippen molar-refractivity contribution in [3.05, 3.63) is 22.6 Å². The fourth-order valence-corrected chi connectivity index (χ4v) is 1.14. The quantitative estimate of drug-likeness (QED) is 0.779. The van der Waals surface area contributed by atoms with E-state index < -0.39 is 0 Å². The molecule has 6 nitrogen and oxygen atoms in total. The van der Waals surface area contributed by atoms with Gasteiger partial charge in [0.25, 0.3) is 5.95 Å². The molecule has 2 rings (SSSR count). The molecule has 0 aromatic carbocycles. The summed E-state index contributed by atoms with van der Waals surface area (Å²) in [5.74, 6) is 0.607. The second-order valence-corrected chi connectivity index (χ2v) is 3.50. The van der Waals surface area contributed by atoms with Gasteiger partial charge < -0.3 is 5.73 Å². The summed E-state index contributed by atoms with van der Waals surface area (Å²) in [7, 11) is 0. The zero-order valence-electron chi connectivity index (χ0n) is 8.27. The molecule has 0 saturated carbocycles. The Balaban J connectivity index is 2.49. The first-order valence-corrected chi connectivity index (χ1v) is 4.64. The van der Waals surface area contributed by atoms with E-state index in [9.17, 15) is 0 Å². The second-order valence-electron chi connectivity index (χ2n) is 3.09. The fraction of sp³-hybridized carbons (Fsp3) is 0.250. The summed E-state index contributed by atoms with van der Waals surface area (Å²) >= 11 is 5.77. The Labute approximate surface area is 91.1 Å². The van der Waals surface area contributed by atoms with Gasteiger partial charge in [0.2, 0.25) is 0 Å². The minimum Gasteiger partial charge on any atom is -0.381 e. The van der Waals surface area contributed by atoms with E-state index in [4.69, 9.17) is 17.3 Å². The van der Waals surface area contributed by atoms with Crippen molar-refractivity contribution in [3.63, 3.8) is 0 Å². The predicted molar refractivity (Wildman–Crippen MR) is 55.8 cm³/mol. The average molecular weight is 225 g/mol. The Kier molecular flexibility index (Phi) is 2.28. The van der Waals surface area contributed by atoms with Gasteiger partial charge >= 0.3 is 0 Å². The van der Waals surface area contributed by atoms with Gasteiger partial charge in [0, 0.05) is 0 Å². The highest BCUT2D eigenvalue weighted by atomic mass is 35.5. The van der Waals surface area contributed by atoms with Gasteiger partial charge in [-0.25, -0.2) is 9.67 Å². The number of aromatic nitrogens is 5. The highest BCUT2D eigenvalue weighted by molar-refractivity contribution is 6.32. The zero-order chi connectivity index (χ0) is 11.0. The number of nitrogen functional groups attached to an aromatic ring is 1. The zero-order valence-corrected chi connectivity index (χ0v) is 9.02. The SMILES string of the molecule is Cc1nnc(-n2cc(Cl)c(N)n2)nc1C. The van der Waals surface area contributed by atoms with Crippen LogP contribution >= 0.6 is 11.6 Å². The van der Waals surface area contributed by atoms with Crippen molar-refractivity contribution in [3.8, 4) is 5.95 Å². The third kappa shape index (κ3) is 1.75. The summed E-state index contributed by atoms with van der Waals surface area (Å²) in [5, 5.41) is 12.1. The average Bonchev–Trinajstić information content (AvgIpc) is 2.52. The van der Waals surface area contributed by atoms with Crippen molar-refractivity contribution in [2.24, 2.45) is 0 Å². The van der Waals surface area contributed by atoms with Crippen LogP contribution in [0.3, 0.4) is 0 Å². The van der Waals surface area contributed by atoms with Crippen molar-refractivity contribution in [1.29, 1.82) is 0 Å². The van der Waals surface area contributed by atoms with Gasteiger partial charge in [-0.05, 0) is 13.8 Å². The van der Waals surface area contributed by atoms with E-state index >= 15 is 0 Å². The maximum atomic E-state index is 5.77. The van der Waals surface area contributed by atoms with Crippen LogP contribution in [0.5, 0.6) is 0 Å². The minimum absolute atomic E-state index is 0.249. The third-order valence-corrected chi connectivity index (χ3v) is 2.27. The maximum Gasteiger partial charge on any atom is 0.270 e. The lowest BCUT2D eigenvalue weighted by molar-refractivity contribution is 0.754. The monoisotopic (exact) mass is 224 g/mol. The maximum absolute atomic E-state index is 5.77. The van der Waals surface area contributed by atoms with Crippen LogP contribution in [0, 0.1) is 13.8 Å². The number of nitrogens with two attached hydrogens (primary N) is 1. The van der Waals surface area contributed by atoms with Crippen LogP contribution < -0.4 is 5.73 Å². The first-order valence-electron chi connectivity index (χ1n) is 4.27. The summed E-state index contributed by atoms with van der Waals surface area (Å²) in [6, 6.07) is 0. The molecule has 78 valence electrons. The van der Waals surface area contributed by atoms with Crippen molar-refractivity contribution in [1.82, 2.24) is 25.0 Å². The summed E-state index contributed by atoms with van der Waals surface area (Å²) in [6.07, 6.45) is 1.54. The van der Waals surface area contributed by atoms with E-state index in [1.165, 1.54) is 4.68 Å². The minimum atomic E-state index is 0.249. The van der Waals surface area contributed by atoms with Gasteiger partial charge in [0.15, 0.2) is 5.82 Å². The number of halogens is 1. The highest BCUT2D eigenvalue weighted by Crippen LogP contribution is 2.16. The number of hydrogen-bond acceptors (Lipinski definition) is 5. The Hall–Kier alpha value is -1.69. The smallest absolute Gasteiger partial charge is 0.270 e. The molecule has 2 heterocycles. The molecule has 0 bridgehead atoms. The van der Waals surface area contributed by atoms with Gasteiger partial charge in [0.1, 0.15) is 5.02 Å². The molecule has 0 spiro atoms. The van der Waals surface area contributed by atoms with Crippen molar-refractivity contribution < 1.29 is 0 Å². The van der Waals surface area contributed by atoms with Crippen LogP contribution in [-0.4, -0.2) is 25.0 Å². The van der Waals surface area contributed by atoms with Gasteiger partial charge in [-0.3, -0.25) is 0 Å². The van der Waals surface area contributed by atoms with E-state index in [2.05, 4.69) is 20.3 Å².